The van der Waals surface area contributed by atoms with Gasteiger partial charge in [-0.2, -0.15) is 0 Å². The van der Waals surface area contributed by atoms with Crippen molar-refractivity contribution in [2.75, 3.05) is 33.2 Å². The average molecular weight is 213 g/mol. The molecule has 6 heteroatoms. The lowest BCUT2D eigenvalue weighted by Crippen LogP contribution is -2.24. The molecule has 0 fully saturated rings. The Kier molecular flexibility index (Phi) is 4.79. The van der Waals surface area contributed by atoms with E-state index in [-0.39, 0.29) is 6.29 Å². The first-order valence-corrected chi connectivity index (χ1v) is 4.45. The van der Waals surface area contributed by atoms with Crippen LogP contribution < -0.4 is 10.1 Å². The lowest BCUT2D eigenvalue weighted by molar-refractivity contribution is -0.0914. The number of methoxy groups -OCH3 is 3. The van der Waals surface area contributed by atoms with Gasteiger partial charge in [-0.15, -0.1) is 0 Å². The van der Waals surface area contributed by atoms with Crippen LogP contribution >= 0.6 is 0 Å². The van der Waals surface area contributed by atoms with Gasteiger partial charge in [-0.05, 0) is 0 Å². The molecule has 1 aromatic heterocycles. The first-order chi connectivity index (χ1) is 7.30. The SMILES string of the molecule is COc1cnc(NCC(OC)OC)nc1. The van der Waals surface area contributed by atoms with E-state index in [1.807, 2.05) is 0 Å². The van der Waals surface area contributed by atoms with Gasteiger partial charge >= 0.3 is 0 Å². The molecule has 0 amide bonds. The summed E-state index contributed by atoms with van der Waals surface area (Å²) in [4.78, 5) is 8.06. The van der Waals surface area contributed by atoms with E-state index >= 15 is 0 Å². The Morgan fingerprint density at radius 3 is 2.27 bits per heavy atom. The molecule has 6 nitrogen and oxygen atoms in total. The van der Waals surface area contributed by atoms with E-state index in [0.717, 1.165) is 0 Å². The second-order valence-corrected chi connectivity index (χ2v) is 2.73. The molecule has 0 aromatic carbocycles. The monoisotopic (exact) mass is 213 g/mol. The van der Waals surface area contributed by atoms with Crippen LogP contribution in [0.1, 0.15) is 0 Å². The summed E-state index contributed by atoms with van der Waals surface area (Å²) in [6.45, 7) is 0.485. The Balaban J connectivity index is 2.43. The Bertz CT molecular complexity index is 274. The second kappa shape index (κ2) is 6.15. The van der Waals surface area contributed by atoms with Crippen molar-refractivity contribution < 1.29 is 14.2 Å². The summed E-state index contributed by atoms with van der Waals surface area (Å²) in [6.07, 6.45) is 2.86. The van der Waals surface area contributed by atoms with E-state index in [1.54, 1.807) is 33.7 Å². The van der Waals surface area contributed by atoms with Crippen LogP contribution in [0.5, 0.6) is 5.75 Å². The van der Waals surface area contributed by atoms with Gasteiger partial charge in [0.15, 0.2) is 12.0 Å². The molecule has 0 spiro atoms. The van der Waals surface area contributed by atoms with Crippen molar-refractivity contribution in [2.24, 2.45) is 0 Å². The van der Waals surface area contributed by atoms with Gasteiger partial charge in [0.05, 0.1) is 26.0 Å². The fourth-order valence-corrected chi connectivity index (χ4v) is 0.950. The van der Waals surface area contributed by atoms with Crippen molar-refractivity contribution in [3.05, 3.63) is 12.4 Å². The number of nitrogens with zero attached hydrogens (tertiary/aromatic N) is 2. The van der Waals surface area contributed by atoms with Gasteiger partial charge < -0.3 is 19.5 Å². The molecule has 1 rings (SSSR count). The number of rotatable bonds is 6. The average Bonchev–Trinajstić information content (AvgIpc) is 2.31. The summed E-state index contributed by atoms with van der Waals surface area (Å²) in [6, 6.07) is 0. The van der Waals surface area contributed by atoms with Crippen LogP contribution in [-0.4, -0.2) is 44.1 Å². The molecule has 0 aliphatic rings. The fourth-order valence-electron chi connectivity index (χ4n) is 0.950. The number of anilines is 1. The van der Waals surface area contributed by atoms with Gasteiger partial charge in [-0.1, -0.05) is 0 Å². The Labute approximate surface area is 88.6 Å². The van der Waals surface area contributed by atoms with Crippen LogP contribution in [-0.2, 0) is 9.47 Å². The molecule has 0 saturated carbocycles. The zero-order valence-electron chi connectivity index (χ0n) is 9.06. The molecular weight excluding hydrogens is 198 g/mol. The normalized spacial score (nSPS) is 10.4. The number of ether oxygens (including phenoxy) is 3. The Hall–Kier alpha value is -1.40. The molecule has 0 saturated heterocycles. The zero-order valence-corrected chi connectivity index (χ0v) is 9.06. The van der Waals surface area contributed by atoms with Crippen molar-refractivity contribution in [3.8, 4) is 5.75 Å². The third-order valence-corrected chi connectivity index (χ3v) is 1.82. The fraction of sp³-hybridized carbons (Fsp3) is 0.556. The summed E-state index contributed by atoms with van der Waals surface area (Å²) in [7, 11) is 4.72. The zero-order chi connectivity index (χ0) is 11.1. The minimum Gasteiger partial charge on any atom is -0.494 e. The maximum Gasteiger partial charge on any atom is 0.223 e. The number of hydrogen-bond acceptors (Lipinski definition) is 6. The molecule has 0 unspecified atom stereocenters. The maximum absolute atomic E-state index is 5.00. The molecule has 1 heterocycles. The van der Waals surface area contributed by atoms with Crippen LogP contribution in [0.15, 0.2) is 12.4 Å². The Morgan fingerprint density at radius 2 is 1.80 bits per heavy atom. The molecule has 0 aliphatic heterocycles. The molecule has 0 radical (unpaired) electrons. The second-order valence-electron chi connectivity index (χ2n) is 2.73. The number of nitrogens with one attached hydrogen (secondary N) is 1. The lowest BCUT2D eigenvalue weighted by Gasteiger charge is -2.13. The van der Waals surface area contributed by atoms with Gasteiger partial charge in [-0.25, -0.2) is 9.97 Å². The largest absolute Gasteiger partial charge is 0.494 e. The highest BCUT2D eigenvalue weighted by atomic mass is 16.7. The van der Waals surface area contributed by atoms with Crippen LogP contribution in [0.4, 0.5) is 5.95 Å². The van der Waals surface area contributed by atoms with E-state index in [4.69, 9.17) is 14.2 Å². The third kappa shape index (κ3) is 3.69. The van der Waals surface area contributed by atoms with Gasteiger partial charge in [0.25, 0.3) is 0 Å². The minimum absolute atomic E-state index is 0.310. The van der Waals surface area contributed by atoms with Crippen LogP contribution in [0.3, 0.4) is 0 Å². The predicted molar refractivity (Wildman–Crippen MR) is 54.9 cm³/mol. The molecule has 0 aliphatic carbocycles. The van der Waals surface area contributed by atoms with Gasteiger partial charge in [0.1, 0.15) is 0 Å². The van der Waals surface area contributed by atoms with E-state index in [1.165, 1.54) is 0 Å². The van der Waals surface area contributed by atoms with Gasteiger partial charge in [0, 0.05) is 14.2 Å². The number of hydrogen-bond donors (Lipinski definition) is 1. The first kappa shape index (κ1) is 11.7. The van der Waals surface area contributed by atoms with E-state index in [0.29, 0.717) is 18.2 Å². The molecule has 84 valence electrons. The van der Waals surface area contributed by atoms with E-state index < -0.39 is 0 Å². The van der Waals surface area contributed by atoms with Crippen molar-refractivity contribution >= 4 is 5.95 Å². The smallest absolute Gasteiger partial charge is 0.223 e. The van der Waals surface area contributed by atoms with Crippen LogP contribution in [0.2, 0.25) is 0 Å². The first-order valence-electron chi connectivity index (χ1n) is 4.45. The summed E-state index contributed by atoms with van der Waals surface area (Å²) >= 11 is 0. The van der Waals surface area contributed by atoms with Crippen molar-refractivity contribution in [2.45, 2.75) is 6.29 Å². The summed E-state index contributed by atoms with van der Waals surface area (Å²) in [5.74, 6) is 1.13. The van der Waals surface area contributed by atoms with Crippen molar-refractivity contribution in [1.82, 2.24) is 9.97 Å². The molecule has 15 heavy (non-hydrogen) atoms. The van der Waals surface area contributed by atoms with Crippen molar-refractivity contribution in [3.63, 3.8) is 0 Å². The molecule has 0 atom stereocenters. The Morgan fingerprint density at radius 1 is 1.20 bits per heavy atom. The van der Waals surface area contributed by atoms with Gasteiger partial charge in [-0.3, -0.25) is 0 Å². The van der Waals surface area contributed by atoms with Gasteiger partial charge in [0.2, 0.25) is 5.95 Å². The highest BCUT2D eigenvalue weighted by molar-refractivity contribution is 5.26. The highest BCUT2D eigenvalue weighted by Crippen LogP contribution is 2.07. The van der Waals surface area contributed by atoms with E-state index in [9.17, 15) is 0 Å². The molecule has 0 bridgehead atoms. The minimum atomic E-state index is -0.310. The van der Waals surface area contributed by atoms with Crippen molar-refractivity contribution in [1.29, 1.82) is 0 Å². The maximum atomic E-state index is 5.00. The standard InChI is InChI=1S/C9H15N3O3/c1-13-7-4-10-9(11-5-7)12-6-8(14-2)15-3/h4-5,8H,6H2,1-3H3,(H,10,11,12). The lowest BCUT2D eigenvalue weighted by atomic mass is 10.6. The highest BCUT2D eigenvalue weighted by Gasteiger charge is 2.05. The molecular formula is C9H15N3O3. The van der Waals surface area contributed by atoms with Crippen LogP contribution in [0.25, 0.3) is 0 Å². The topological polar surface area (TPSA) is 65.5 Å². The van der Waals surface area contributed by atoms with E-state index in [2.05, 4.69) is 15.3 Å². The molecule has 1 aromatic rings. The predicted octanol–water partition coefficient (Wildman–Crippen LogP) is 0.516. The number of aromatic nitrogens is 2. The summed E-state index contributed by atoms with van der Waals surface area (Å²) in [5, 5.41) is 2.97. The van der Waals surface area contributed by atoms with Crippen LogP contribution in [0, 0.1) is 0 Å². The summed E-state index contributed by atoms with van der Waals surface area (Å²) in [5.41, 5.74) is 0. The quantitative estimate of drug-likeness (QED) is 0.695. The summed E-state index contributed by atoms with van der Waals surface area (Å²) < 4.78 is 14.9. The third-order valence-electron chi connectivity index (χ3n) is 1.82. The molecule has 1 N–H and O–H groups in total.